The second-order valence-corrected chi connectivity index (χ2v) is 6.83. The van der Waals surface area contributed by atoms with Crippen LogP contribution in [-0.2, 0) is 9.53 Å². The molecule has 0 bridgehead atoms. The summed E-state index contributed by atoms with van der Waals surface area (Å²) in [6, 6.07) is 11.8. The molecule has 1 heterocycles. The van der Waals surface area contributed by atoms with E-state index in [1.807, 2.05) is 31.2 Å². The van der Waals surface area contributed by atoms with Gasteiger partial charge in [-0.15, -0.1) is 0 Å². The van der Waals surface area contributed by atoms with Gasteiger partial charge >= 0.3 is 0 Å². The largest absolute Gasteiger partial charge is 0.494 e. The van der Waals surface area contributed by atoms with Crippen molar-refractivity contribution in [2.24, 2.45) is 5.92 Å². The van der Waals surface area contributed by atoms with Crippen molar-refractivity contribution in [3.8, 4) is 11.5 Å². The van der Waals surface area contributed by atoms with Gasteiger partial charge in [0.25, 0.3) is 0 Å². The molecule has 27 heavy (non-hydrogen) atoms. The average Bonchev–Trinajstić information content (AvgIpc) is 3.26. The lowest BCUT2D eigenvalue weighted by atomic mass is 10.1. The minimum Gasteiger partial charge on any atom is -0.494 e. The highest BCUT2D eigenvalue weighted by Gasteiger charge is 2.62. The molecular formula is C21H22FNO4. The molecule has 1 saturated carbocycles. The van der Waals surface area contributed by atoms with E-state index >= 15 is 0 Å². The molecule has 0 saturated heterocycles. The molecule has 1 N–H and O–H groups in total. The first-order chi connectivity index (χ1) is 13.1. The van der Waals surface area contributed by atoms with E-state index in [1.54, 1.807) is 13.2 Å². The lowest BCUT2D eigenvalue weighted by Crippen LogP contribution is -2.34. The van der Waals surface area contributed by atoms with Crippen molar-refractivity contribution in [2.45, 2.75) is 25.0 Å². The van der Waals surface area contributed by atoms with Crippen LogP contribution in [0.3, 0.4) is 0 Å². The van der Waals surface area contributed by atoms with Gasteiger partial charge in [-0.2, -0.15) is 0 Å². The molecule has 1 aliphatic carbocycles. The van der Waals surface area contributed by atoms with Gasteiger partial charge in [0.05, 0.1) is 25.2 Å². The molecule has 142 valence electrons. The smallest absolute Gasteiger partial charge is 0.228 e. The Balaban J connectivity index is 1.45. The Hall–Kier alpha value is -2.60. The number of carbonyl (C=O) groups excluding carboxylic acids is 1. The Morgan fingerprint density at radius 1 is 1.26 bits per heavy atom. The van der Waals surface area contributed by atoms with Gasteiger partial charge in [0, 0.05) is 18.6 Å². The summed E-state index contributed by atoms with van der Waals surface area (Å²) in [5, 5.41) is 3.04. The summed E-state index contributed by atoms with van der Waals surface area (Å²) in [6.45, 7) is 2.89. The highest BCUT2D eigenvalue weighted by molar-refractivity contribution is 5.86. The van der Waals surface area contributed by atoms with Crippen molar-refractivity contribution in [1.82, 2.24) is 5.32 Å². The molecule has 6 heteroatoms. The van der Waals surface area contributed by atoms with Gasteiger partial charge in [-0.3, -0.25) is 4.79 Å². The molecule has 2 aliphatic rings. The van der Waals surface area contributed by atoms with Gasteiger partial charge in [0.2, 0.25) is 5.91 Å². The Morgan fingerprint density at radius 2 is 2.04 bits per heavy atom. The number of methoxy groups -OCH3 is 1. The number of hydrogen-bond acceptors (Lipinski definition) is 4. The Kier molecular flexibility index (Phi) is 4.74. The number of amides is 1. The Bertz CT molecular complexity index is 839. The van der Waals surface area contributed by atoms with Gasteiger partial charge < -0.3 is 19.5 Å². The van der Waals surface area contributed by atoms with Gasteiger partial charge in [-0.1, -0.05) is 12.1 Å². The van der Waals surface area contributed by atoms with Crippen molar-refractivity contribution in [2.75, 3.05) is 20.3 Å². The molecule has 0 radical (unpaired) electrons. The topological polar surface area (TPSA) is 56.8 Å². The van der Waals surface area contributed by atoms with Crippen LogP contribution in [0, 0.1) is 11.7 Å². The molecular weight excluding hydrogens is 349 g/mol. The first kappa shape index (κ1) is 17.8. The molecule has 5 nitrogen and oxygen atoms in total. The van der Waals surface area contributed by atoms with Crippen molar-refractivity contribution in [1.29, 1.82) is 0 Å². The summed E-state index contributed by atoms with van der Waals surface area (Å²) in [5.74, 6) is 0.690. The summed E-state index contributed by atoms with van der Waals surface area (Å²) >= 11 is 0. The average molecular weight is 371 g/mol. The molecule has 1 fully saturated rings. The number of halogens is 1. The number of hydrogen-bond donors (Lipinski definition) is 1. The third kappa shape index (κ3) is 3.37. The quantitative estimate of drug-likeness (QED) is 0.812. The fourth-order valence-corrected chi connectivity index (χ4v) is 3.77. The lowest BCUT2D eigenvalue weighted by Gasteiger charge is -2.19. The predicted molar refractivity (Wildman–Crippen MR) is 97.4 cm³/mol. The van der Waals surface area contributed by atoms with E-state index in [0.717, 1.165) is 16.9 Å². The lowest BCUT2D eigenvalue weighted by molar-refractivity contribution is -0.124. The van der Waals surface area contributed by atoms with Gasteiger partial charge in [-0.05, 0) is 42.8 Å². The van der Waals surface area contributed by atoms with Crippen LogP contribution in [0.5, 0.6) is 11.5 Å². The number of benzene rings is 2. The van der Waals surface area contributed by atoms with Crippen molar-refractivity contribution >= 4 is 5.91 Å². The predicted octanol–water partition coefficient (Wildman–Crippen LogP) is 3.20. The molecule has 1 amide bonds. The van der Waals surface area contributed by atoms with Crippen LogP contribution in [0.1, 0.15) is 30.0 Å². The van der Waals surface area contributed by atoms with Crippen LogP contribution in [0.4, 0.5) is 4.39 Å². The third-order valence-electron chi connectivity index (χ3n) is 5.09. The van der Waals surface area contributed by atoms with E-state index in [0.29, 0.717) is 19.0 Å². The van der Waals surface area contributed by atoms with Crippen LogP contribution in [0.25, 0.3) is 0 Å². The maximum Gasteiger partial charge on any atom is 0.228 e. The SMILES string of the molecule is CCOc1ccc(C(COC)NC(=O)[C@@H]2C3Oc4ccc(F)cc4C32)cc1. The summed E-state index contributed by atoms with van der Waals surface area (Å²) < 4.78 is 30.0. The standard InChI is InChI=1S/C21H22FNO4/c1-3-26-14-7-4-12(5-8-14)16(11-25-2)23-21(24)19-18-15-10-13(22)6-9-17(15)27-20(18)19/h4-10,16,18-20H,3,11H2,1-2H3,(H,23,24)/t16?,18?,19-,20?/m0/s1. The van der Waals surface area contributed by atoms with Crippen LogP contribution in [0.15, 0.2) is 42.5 Å². The summed E-state index contributed by atoms with van der Waals surface area (Å²) in [7, 11) is 1.60. The Morgan fingerprint density at radius 3 is 2.74 bits per heavy atom. The van der Waals surface area contributed by atoms with Gasteiger partial charge in [0.15, 0.2) is 0 Å². The van der Waals surface area contributed by atoms with Crippen molar-refractivity contribution < 1.29 is 23.4 Å². The number of carbonyl (C=O) groups is 1. The highest BCUT2D eigenvalue weighted by atomic mass is 19.1. The second kappa shape index (κ2) is 7.19. The maximum absolute atomic E-state index is 13.5. The highest BCUT2D eigenvalue weighted by Crippen LogP contribution is 2.58. The van der Waals surface area contributed by atoms with Crippen LogP contribution < -0.4 is 14.8 Å². The molecule has 3 unspecified atom stereocenters. The monoisotopic (exact) mass is 371 g/mol. The fraction of sp³-hybridized carbons (Fsp3) is 0.381. The van der Waals surface area contributed by atoms with E-state index < -0.39 is 0 Å². The summed E-state index contributed by atoms with van der Waals surface area (Å²) in [5.41, 5.74) is 1.72. The van der Waals surface area contributed by atoms with Crippen LogP contribution in [-0.4, -0.2) is 32.3 Å². The summed E-state index contributed by atoms with van der Waals surface area (Å²) in [6.07, 6.45) is -0.203. The minimum absolute atomic E-state index is 0.0702. The number of ether oxygens (including phenoxy) is 3. The number of nitrogens with one attached hydrogen (secondary N) is 1. The number of rotatable bonds is 7. The van der Waals surface area contributed by atoms with Gasteiger partial charge in [0.1, 0.15) is 23.4 Å². The molecule has 2 aromatic carbocycles. The maximum atomic E-state index is 13.5. The van der Waals surface area contributed by atoms with E-state index in [2.05, 4.69) is 5.32 Å². The molecule has 2 aromatic rings. The van der Waals surface area contributed by atoms with Gasteiger partial charge in [-0.25, -0.2) is 4.39 Å². The second-order valence-electron chi connectivity index (χ2n) is 6.83. The summed E-state index contributed by atoms with van der Waals surface area (Å²) in [4.78, 5) is 12.8. The first-order valence-corrected chi connectivity index (χ1v) is 9.10. The zero-order chi connectivity index (χ0) is 19.0. The van der Waals surface area contributed by atoms with Crippen LogP contribution in [0.2, 0.25) is 0 Å². The molecule has 1 aliphatic heterocycles. The molecule has 0 spiro atoms. The minimum atomic E-state index is -0.310. The van der Waals surface area contributed by atoms with E-state index in [4.69, 9.17) is 14.2 Å². The first-order valence-electron chi connectivity index (χ1n) is 9.10. The van der Waals surface area contributed by atoms with Crippen molar-refractivity contribution in [3.63, 3.8) is 0 Å². The molecule has 4 atom stereocenters. The third-order valence-corrected chi connectivity index (χ3v) is 5.09. The Labute approximate surface area is 157 Å². The van der Waals surface area contributed by atoms with E-state index in [9.17, 15) is 9.18 Å². The zero-order valence-electron chi connectivity index (χ0n) is 15.3. The van der Waals surface area contributed by atoms with E-state index in [1.165, 1.54) is 12.1 Å². The number of fused-ring (bicyclic) bond motifs is 3. The molecule has 4 rings (SSSR count). The van der Waals surface area contributed by atoms with Crippen LogP contribution >= 0.6 is 0 Å². The van der Waals surface area contributed by atoms with Crippen molar-refractivity contribution in [3.05, 3.63) is 59.4 Å². The normalized spacial score (nSPS) is 23.0. The molecule has 0 aromatic heterocycles. The van der Waals surface area contributed by atoms with E-state index in [-0.39, 0.29) is 35.7 Å². The fourth-order valence-electron chi connectivity index (χ4n) is 3.77. The zero-order valence-corrected chi connectivity index (χ0v) is 15.3.